The van der Waals surface area contributed by atoms with Crippen LogP contribution in [-0.2, 0) is 17.8 Å². The molecule has 10 nitrogen and oxygen atoms in total. The third kappa shape index (κ3) is 5.96. The molecule has 0 aliphatic carbocycles. The molecule has 5 rings (SSSR count). The van der Waals surface area contributed by atoms with Crippen LogP contribution in [0.15, 0.2) is 57.8 Å². The highest BCUT2D eigenvalue weighted by Crippen LogP contribution is 2.38. The zero-order valence-corrected chi connectivity index (χ0v) is 21.9. The van der Waals surface area contributed by atoms with Gasteiger partial charge in [-0.05, 0) is 56.0 Å². The molecule has 1 aromatic carbocycles. The summed E-state index contributed by atoms with van der Waals surface area (Å²) >= 11 is 0. The molecule has 1 atom stereocenters. The first kappa shape index (κ1) is 26.4. The molecule has 0 spiro atoms. The number of likely N-dealkylation sites (tertiary alicyclic amines) is 1. The maximum atomic E-state index is 13.0. The van der Waals surface area contributed by atoms with Crippen LogP contribution < -0.4 is 10.1 Å². The first-order chi connectivity index (χ1) is 19.0. The van der Waals surface area contributed by atoms with Crippen molar-refractivity contribution in [2.45, 2.75) is 39.2 Å². The predicted molar refractivity (Wildman–Crippen MR) is 143 cm³/mol. The van der Waals surface area contributed by atoms with Gasteiger partial charge in [0.1, 0.15) is 17.6 Å². The highest BCUT2D eigenvalue weighted by Gasteiger charge is 2.31. The SMILES string of the molecule is CCc1c(-c2nc(C(=O)N3CCCC(C(=O)O)C3)co2)oc2cccc(OCCCNCc3cccnc3)c12. The van der Waals surface area contributed by atoms with Crippen molar-refractivity contribution in [2.75, 3.05) is 26.2 Å². The van der Waals surface area contributed by atoms with Crippen LogP contribution in [0.25, 0.3) is 22.6 Å². The molecule has 1 saturated heterocycles. The minimum atomic E-state index is -0.887. The monoisotopic (exact) mass is 532 g/mol. The summed E-state index contributed by atoms with van der Waals surface area (Å²) in [5.41, 5.74) is 2.81. The molecule has 4 aromatic rings. The van der Waals surface area contributed by atoms with E-state index in [-0.39, 0.29) is 24.0 Å². The summed E-state index contributed by atoms with van der Waals surface area (Å²) in [6.07, 6.45) is 7.60. The maximum absolute atomic E-state index is 13.0. The number of rotatable bonds is 11. The van der Waals surface area contributed by atoms with Crippen molar-refractivity contribution in [3.05, 3.63) is 65.8 Å². The fourth-order valence-electron chi connectivity index (χ4n) is 4.93. The van der Waals surface area contributed by atoms with E-state index in [9.17, 15) is 14.7 Å². The summed E-state index contributed by atoms with van der Waals surface area (Å²) in [6.45, 7) is 4.78. The number of aliphatic carboxylic acids is 1. The Bertz CT molecular complexity index is 1430. The summed E-state index contributed by atoms with van der Waals surface area (Å²) in [6, 6.07) is 9.63. The van der Waals surface area contributed by atoms with Crippen molar-refractivity contribution in [2.24, 2.45) is 5.92 Å². The van der Waals surface area contributed by atoms with Gasteiger partial charge in [0.05, 0.1) is 17.9 Å². The van der Waals surface area contributed by atoms with E-state index < -0.39 is 11.9 Å². The van der Waals surface area contributed by atoms with E-state index in [1.165, 1.54) is 11.2 Å². The minimum absolute atomic E-state index is 0.133. The van der Waals surface area contributed by atoms with Gasteiger partial charge in [0, 0.05) is 37.6 Å². The smallest absolute Gasteiger partial charge is 0.308 e. The fourth-order valence-corrected chi connectivity index (χ4v) is 4.93. The number of furan rings is 1. The summed E-state index contributed by atoms with van der Waals surface area (Å²) in [5, 5.41) is 13.6. The van der Waals surface area contributed by atoms with E-state index in [1.54, 1.807) is 6.20 Å². The highest BCUT2D eigenvalue weighted by molar-refractivity contribution is 5.94. The van der Waals surface area contributed by atoms with E-state index in [4.69, 9.17) is 13.6 Å². The summed E-state index contributed by atoms with van der Waals surface area (Å²) in [4.78, 5) is 34.5. The van der Waals surface area contributed by atoms with Gasteiger partial charge in [-0.3, -0.25) is 14.6 Å². The van der Waals surface area contributed by atoms with Crippen LogP contribution in [0.3, 0.4) is 0 Å². The number of hydrogen-bond donors (Lipinski definition) is 2. The van der Waals surface area contributed by atoms with Gasteiger partial charge in [-0.25, -0.2) is 4.98 Å². The van der Waals surface area contributed by atoms with Gasteiger partial charge in [-0.2, -0.15) is 0 Å². The summed E-state index contributed by atoms with van der Waals surface area (Å²) in [7, 11) is 0. The predicted octanol–water partition coefficient (Wildman–Crippen LogP) is 4.54. The second-order valence-electron chi connectivity index (χ2n) is 9.60. The molecule has 1 aliphatic heterocycles. The van der Waals surface area contributed by atoms with Crippen molar-refractivity contribution in [3.63, 3.8) is 0 Å². The Morgan fingerprint density at radius 3 is 2.95 bits per heavy atom. The minimum Gasteiger partial charge on any atom is -0.493 e. The Hall–Kier alpha value is -4.18. The second kappa shape index (κ2) is 12.1. The number of nitrogens with one attached hydrogen (secondary N) is 1. The largest absolute Gasteiger partial charge is 0.493 e. The van der Waals surface area contributed by atoms with E-state index >= 15 is 0 Å². The van der Waals surface area contributed by atoms with Crippen LogP contribution in [-0.4, -0.2) is 58.1 Å². The number of fused-ring (bicyclic) bond motifs is 1. The Labute approximate surface area is 226 Å². The molecule has 10 heteroatoms. The third-order valence-corrected chi connectivity index (χ3v) is 6.91. The van der Waals surface area contributed by atoms with Crippen LogP contribution in [0.1, 0.15) is 47.8 Å². The van der Waals surface area contributed by atoms with E-state index in [2.05, 4.69) is 15.3 Å². The summed E-state index contributed by atoms with van der Waals surface area (Å²) < 4.78 is 18.0. The van der Waals surface area contributed by atoms with Crippen molar-refractivity contribution in [1.29, 1.82) is 0 Å². The molecule has 39 heavy (non-hydrogen) atoms. The lowest BCUT2D eigenvalue weighted by Gasteiger charge is -2.29. The average Bonchev–Trinajstić information content (AvgIpc) is 3.60. The Morgan fingerprint density at radius 1 is 1.26 bits per heavy atom. The van der Waals surface area contributed by atoms with Gasteiger partial charge in [-0.1, -0.05) is 19.1 Å². The second-order valence-corrected chi connectivity index (χ2v) is 9.60. The number of benzene rings is 1. The number of hydrogen-bond acceptors (Lipinski definition) is 8. The number of nitrogens with zero attached hydrogens (tertiary/aromatic N) is 3. The molecule has 1 aliphatic rings. The van der Waals surface area contributed by atoms with E-state index in [1.807, 2.05) is 43.5 Å². The molecule has 0 radical (unpaired) electrons. The molecule has 0 saturated carbocycles. The van der Waals surface area contributed by atoms with Crippen LogP contribution in [0.4, 0.5) is 0 Å². The van der Waals surface area contributed by atoms with Crippen LogP contribution in [0, 0.1) is 5.92 Å². The lowest BCUT2D eigenvalue weighted by molar-refractivity contribution is -0.143. The number of piperidine rings is 1. The van der Waals surface area contributed by atoms with Crippen LogP contribution in [0.2, 0.25) is 0 Å². The van der Waals surface area contributed by atoms with Gasteiger partial charge in [0.15, 0.2) is 11.5 Å². The number of carbonyl (C=O) groups is 2. The average molecular weight is 533 g/mol. The molecule has 0 bridgehead atoms. The number of pyridine rings is 1. The number of carbonyl (C=O) groups excluding carboxylic acids is 1. The standard InChI is InChI=1S/C29H32N4O6/c1-2-21-25-23(37-14-6-12-31-16-19-7-4-11-30-15-19)9-3-10-24(25)39-26(21)27-32-22(18-38-27)28(34)33-13-5-8-20(17-33)29(35)36/h3-4,7,9-11,15,18,20,31H,2,5-6,8,12-14,16-17H2,1H3,(H,35,36). The molecule has 1 fully saturated rings. The number of carboxylic acid groups (broad SMARTS) is 1. The van der Waals surface area contributed by atoms with Gasteiger partial charge in [-0.15, -0.1) is 0 Å². The zero-order valence-electron chi connectivity index (χ0n) is 21.9. The quantitative estimate of drug-likeness (QED) is 0.267. The molecular weight excluding hydrogens is 500 g/mol. The molecule has 1 unspecified atom stereocenters. The number of carboxylic acids is 1. The van der Waals surface area contributed by atoms with Crippen molar-refractivity contribution < 1.29 is 28.3 Å². The Kier molecular flexibility index (Phi) is 8.21. The van der Waals surface area contributed by atoms with Gasteiger partial charge >= 0.3 is 5.97 Å². The molecular formula is C29H32N4O6. The zero-order chi connectivity index (χ0) is 27.2. The fraction of sp³-hybridized carbons (Fsp3) is 0.379. The molecule has 3 aromatic heterocycles. The Balaban J connectivity index is 1.26. The van der Waals surface area contributed by atoms with Crippen molar-refractivity contribution >= 4 is 22.8 Å². The van der Waals surface area contributed by atoms with E-state index in [0.29, 0.717) is 43.8 Å². The molecule has 1 amide bonds. The lowest BCUT2D eigenvalue weighted by Crippen LogP contribution is -2.42. The maximum Gasteiger partial charge on any atom is 0.308 e. The molecule has 2 N–H and O–H groups in total. The van der Waals surface area contributed by atoms with Gasteiger partial charge < -0.3 is 28.9 Å². The molecule has 204 valence electrons. The van der Waals surface area contributed by atoms with Gasteiger partial charge in [0.25, 0.3) is 11.8 Å². The van der Waals surface area contributed by atoms with Crippen molar-refractivity contribution in [3.8, 4) is 17.4 Å². The Morgan fingerprint density at radius 2 is 2.15 bits per heavy atom. The topological polar surface area (TPSA) is 131 Å². The van der Waals surface area contributed by atoms with Gasteiger partial charge in [0.2, 0.25) is 0 Å². The van der Waals surface area contributed by atoms with Crippen LogP contribution in [0.5, 0.6) is 5.75 Å². The number of amides is 1. The van der Waals surface area contributed by atoms with Crippen LogP contribution >= 0.6 is 0 Å². The highest BCUT2D eigenvalue weighted by atomic mass is 16.5. The number of ether oxygens (including phenoxy) is 1. The summed E-state index contributed by atoms with van der Waals surface area (Å²) in [5.74, 6) is -0.394. The van der Waals surface area contributed by atoms with E-state index in [0.717, 1.165) is 41.8 Å². The number of aromatic nitrogens is 2. The first-order valence-corrected chi connectivity index (χ1v) is 13.3. The lowest BCUT2D eigenvalue weighted by atomic mass is 9.98. The molecule has 4 heterocycles. The normalized spacial score (nSPS) is 15.5. The number of aryl methyl sites for hydroxylation is 1. The van der Waals surface area contributed by atoms with Crippen molar-refractivity contribution in [1.82, 2.24) is 20.2 Å². The third-order valence-electron chi connectivity index (χ3n) is 6.91. The number of oxazole rings is 1. The first-order valence-electron chi connectivity index (χ1n) is 13.3.